The Morgan fingerprint density at radius 1 is 1.22 bits per heavy atom. The molecule has 2 aliphatic carbocycles. The molecule has 5 rings (SSSR count). The molecule has 8 nitrogen and oxygen atoms in total. The molecule has 3 aromatic rings. The van der Waals surface area contributed by atoms with Crippen LogP contribution in [0.2, 0.25) is 0 Å². The number of fused-ring (bicyclic) bond motifs is 1. The Morgan fingerprint density at radius 2 is 2.00 bits per heavy atom. The van der Waals surface area contributed by atoms with Gasteiger partial charge in [0.2, 0.25) is 0 Å². The molecule has 1 N–H and O–H groups in total. The number of hydrogen-bond donors (Lipinski definition) is 1. The first-order chi connectivity index (χ1) is 17.3. The quantitative estimate of drug-likeness (QED) is 0.314. The van der Waals surface area contributed by atoms with Crippen molar-refractivity contribution in [3.8, 4) is 17.7 Å². The first-order valence-corrected chi connectivity index (χ1v) is 13.1. The number of carbonyl (C=O) groups excluding carboxylic acids is 1. The van der Waals surface area contributed by atoms with E-state index in [2.05, 4.69) is 45.6 Å². The van der Waals surface area contributed by atoms with E-state index in [1.807, 2.05) is 32.2 Å². The van der Waals surface area contributed by atoms with Gasteiger partial charge in [-0.1, -0.05) is 5.92 Å². The lowest BCUT2D eigenvalue weighted by Gasteiger charge is -2.24. The molecule has 2 aliphatic rings. The van der Waals surface area contributed by atoms with E-state index in [0.717, 1.165) is 38.7 Å². The van der Waals surface area contributed by atoms with Gasteiger partial charge in [-0.25, -0.2) is 4.98 Å². The van der Waals surface area contributed by atoms with E-state index in [9.17, 15) is 14.7 Å². The summed E-state index contributed by atoms with van der Waals surface area (Å²) in [6.45, 7) is 3.68. The topological polar surface area (TPSA) is 97.6 Å². The Kier molecular flexibility index (Phi) is 6.64. The van der Waals surface area contributed by atoms with Gasteiger partial charge in [-0.2, -0.15) is 0 Å². The van der Waals surface area contributed by atoms with Crippen LogP contribution in [0.15, 0.2) is 24.3 Å². The highest BCUT2D eigenvalue weighted by Crippen LogP contribution is 2.47. The van der Waals surface area contributed by atoms with Crippen LogP contribution in [-0.2, 0) is 16.6 Å². The minimum absolute atomic E-state index is 0.237. The number of amides is 1. The molecular weight excluding hydrogens is 571 g/mol. The molecule has 0 radical (unpaired) electrons. The van der Waals surface area contributed by atoms with Crippen LogP contribution < -0.4 is 9.64 Å². The predicted molar refractivity (Wildman–Crippen MR) is 144 cm³/mol. The zero-order valence-corrected chi connectivity index (χ0v) is 22.6. The van der Waals surface area contributed by atoms with Crippen molar-refractivity contribution in [3.63, 3.8) is 0 Å². The SMILES string of the molecule is CC#CC(=O)N(c1ccc2c(n1)c(O[C@@H]1CC[C@H](C(=O)O)C1)nn2C)c1cc(C)c(I)cc1C1CC1. The Hall–Kier alpha value is -3.13. The number of carboxylic acids is 1. The highest BCUT2D eigenvalue weighted by atomic mass is 127. The van der Waals surface area contributed by atoms with Crippen molar-refractivity contribution in [3.05, 3.63) is 39.0 Å². The third kappa shape index (κ3) is 4.66. The van der Waals surface area contributed by atoms with Crippen LogP contribution in [0.5, 0.6) is 5.88 Å². The van der Waals surface area contributed by atoms with Crippen LogP contribution in [0.1, 0.15) is 56.1 Å². The first-order valence-electron chi connectivity index (χ1n) is 12.1. The molecule has 2 atom stereocenters. The Balaban J connectivity index is 1.58. The average Bonchev–Trinajstić information content (AvgIpc) is 3.50. The molecule has 0 spiro atoms. The van der Waals surface area contributed by atoms with E-state index in [1.165, 1.54) is 0 Å². The fourth-order valence-electron chi connectivity index (χ4n) is 4.83. The van der Waals surface area contributed by atoms with Crippen LogP contribution in [-0.4, -0.2) is 37.9 Å². The predicted octanol–water partition coefficient (Wildman–Crippen LogP) is 5.08. The summed E-state index contributed by atoms with van der Waals surface area (Å²) in [6, 6.07) is 7.89. The Morgan fingerprint density at radius 3 is 2.67 bits per heavy atom. The van der Waals surface area contributed by atoms with E-state index in [0.29, 0.717) is 42.4 Å². The summed E-state index contributed by atoms with van der Waals surface area (Å²) in [7, 11) is 1.81. The van der Waals surface area contributed by atoms with Crippen molar-refractivity contribution in [2.45, 2.75) is 58.0 Å². The molecule has 0 aliphatic heterocycles. The molecular formula is C27H27IN4O4. The molecule has 2 fully saturated rings. The standard InChI is InChI=1S/C27H27IN4O4/c1-4-5-24(33)32(22-12-15(2)20(28)14-19(22)16-6-7-16)23-11-10-21-25(29-23)26(30-31(21)3)36-18-9-8-17(13-18)27(34)35/h10-12,14,16-18H,6-9,13H2,1-3H3,(H,34,35)/t17-,18+/m0/s1. The number of hydrogen-bond acceptors (Lipinski definition) is 5. The van der Waals surface area contributed by atoms with E-state index < -0.39 is 11.9 Å². The number of rotatable bonds is 6. The van der Waals surface area contributed by atoms with Gasteiger partial charge >= 0.3 is 11.9 Å². The van der Waals surface area contributed by atoms with E-state index in [-0.39, 0.29) is 12.0 Å². The fourth-order valence-corrected chi connectivity index (χ4v) is 5.32. The fraction of sp³-hybridized carbons (Fsp3) is 0.407. The van der Waals surface area contributed by atoms with Crippen LogP contribution in [0.4, 0.5) is 11.5 Å². The number of anilines is 2. The number of benzene rings is 1. The molecule has 2 saturated carbocycles. The molecule has 0 saturated heterocycles. The summed E-state index contributed by atoms with van der Waals surface area (Å²) < 4.78 is 9.00. The minimum Gasteiger partial charge on any atom is -0.481 e. The monoisotopic (exact) mass is 598 g/mol. The lowest BCUT2D eigenvalue weighted by molar-refractivity contribution is -0.141. The number of nitrogens with zero attached hydrogens (tertiary/aromatic N) is 4. The van der Waals surface area contributed by atoms with Gasteiger partial charge in [0, 0.05) is 10.6 Å². The second-order valence-corrected chi connectivity index (χ2v) is 10.7. The Labute approximate surface area is 223 Å². The summed E-state index contributed by atoms with van der Waals surface area (Å²) >= 11 is 2.34. The maximum Gasteiger partial charge on any atom is 0.308 e. The second kappa shape index (κ2) is 9.73. The van der Waals surface area contributed by atoms with Crippen molar-refractivity contribution in [1.29, 1.82) is 0 Å². The zero-order valence-electron chi connectivity index (χ0n) is 20.4. The van der Waals surface area contributed by atoms with Crippen molar-refractivity contribution >= 4 is 57.0 Å². The van der Waals surface area contributed by atoms with E-state index >= 15 is 0 Å². The normalized spacial score (nSPS) is 19.1. The van der Waals surface area contributed by atoms with Gasteiger partial charge in [0.15, 0.2) is 5.52 Å². The largest absolute Gasteiger partial charge is 0.481 e. The van der Waals surface area contributed by atoms with Crippen molar-refractivity contribution in [2.24, 2.45) is 13.0 Å². The number of carbonyl (C=O) groups is 2. The summed E-state index contributed by atoms with van der Waals surface area (Å²) in [5, 5.41) is 13.9. The van der Waals surface area contributed by atoms with Gasteiger partial charge in [-0.15, -0.1) is 5.10 Å². The van der Waals surface area contributed by atoms with E-state index in [1.54, 1.807) is 16.5 Å². The molecule has 36 heavy (non-hydrogen) atoms. The molecule has 2 aromatic heterocycles. The lowest BCUT2D eigenvalue weighted by Crippen LogP contribution is -2.26. The average molecular weight is 598 g/mol. The van der Waals surface area contributed by atoms with Gasteiger partial charge in [-0.3, -0.25) is 19.2 Å². The van der Waals surface area contributed by atoms with Crippen molar-refractivity contribution < 1.29 is 19.4 Å². The van der Waals surface area contributed by atoms with E-state index in [4.69, 9.17) is 9.72 Å². The summed E-state index contributed by atoms with van der Waals surface area (Å²) in [5.41, 5.74) is 4.31. The van der Waals surface area contributed by atoms with Crippen molar-refractivity contribution in [2.75, 3.05) is 4.90 Å². The highest BCUT2D eigenvalue weighted by molar-refractivity contribution is 14.1. The van der Waals surface area contributed by atoms with Gasteiger partial charge < -0.3 is 9.84 Å². The van der Waals surface area contributed by atoms with Gasteiger partial charge in [0.25, 0.3) is 5.88 Å². The number of ether oxygens (including phenoxy) is 1. The third-order valence-corrected chi connectivity index (χ3v) is 8.06. The van der Waals surface area contributed by atoms with Crippen LogP contribution in [0.25, 0.3) is 11.0 Å². The Bertz CT molecular complexity index is 1430. The maximum absolute atomic E-state index is 13.3. The molecule has 186 valence electrons. The van der Waals surface area contributed by atoms with Crippen LogP contribution >= 0.6 is 22.6 Å². The first kappa shape index (κ1) is 24.6. The second-order valence-electron chi connectivity index (χ2n) is 9.50. The van der Waals surface area contributed by atoms with Gasteiger partial charge in [0.05, 0.1) is 17.1 Å². The molecule has 0 unspecified atom stereocenters. The summed E-state index contributed by atoms with van der Waals surface area (Å²) in [6.07, 6.45) is 3.63. The van der Waals surface area contributed by atoms with Gasteiger partial charge in [-0.05, 0) is 116 Å². The number of carboxylic acid groups (broad SMARTS) is 1. The molecule has 1 aromatic carbocycles. The number of pyridine rings is 1. The molecule has 9 heteroatoms. The minimum atomic E-state index is -0.794. The lowest BCUT2D eigenvalue weighted by atomic mass is 10.0. The summed E-state index contributed by atoms with van der Waals surface area (Å²) in [5.74, 6) is 5.10. The number of halogens is 1. The molecule has 2 heterocycles. The summed E-state index contributed by atoms with van der Waals surface area (Å²) in [4.78, 5) is 31.2. The van der Waals surface area contributed by atoms with Gasteiger partial charge in [0.1, 0.15) is 11.9 Å². The van der Waals surface area contributed by atoms with Crippen LogP contribution in [0, 0.1) is 28.3 Å². The maximum atomic E-state index is 13.3. The highest BCUT2D eigenvalue weighted by Gasteiger charge is 2.33. The molecule has 1 amide bonds. The van der Waals surface area contributed by atoms with Crippen molar-refractivity contribution in [1.82, 2.24) is 14.8 Å². The molecule has 0 bridgehead atoms. The number of aromatic nitrogens is 3. The zero-order chi connectivity index (χ0) is 25.6. The number of aryl methyl sites for hydroxylation is 2. The number of aliphatic carboxylic acids is 1. The third-order valence-electron chi connectivity index (χ3n) is 6.89. The smallest absolute Gasteiger partial charge is 0.308 e. The van der Waals surface area contributed by atoms with Crippen LogP contribution in [0.3, 0.4) is 0 Å².